The number of nitrogens with zero attached hydrogens (tertiary/aromatic N) is 1. The Balaban J connectivity index is 1.52. The maximum absolute atomic E-state index is 14.2. The Morgan fingerprint density at radius 2 is 1.76 bits per heavy atom. The number of halogens is 2. The van der Waals surface area contributed by atoms with Gasteiger partial charge in [0.25, 0.3) is 5.91 Å². The van der Waals surface area contributed by atoms with Gasteiger partial charge in [-0.1, -0.05) is 45.6 Å². The molecule has 3 saturated carbocycles. The van der Waals surface area contributed by atoms with Gasteiger partial charge in [0.05, 0.1) is 6.04 Å². The molecule has 1 saturated heterocycles. The van der Waals surface area contributed by atoms with Gasteiger partial charge in [-0.05, 0) is 50.4 Å². The first kappa shape index (κ1) is 32.6. The van der Waals surface area contributed by atoms with Gasteiger partial charge in [0.1, 0.15) is 22.5 Å². The largest absolute Gasteiger partial charge is 0.446 e. The van der Waals surface area contributed by atoms with Crippen molar-refractivity contribution in [1.82, 2.24) is 20.9 Å². The van der Waals surface area contributed by atoms with E-state index in [1.54, 1.807) is 0 Å². The normalized spacial score (nSPS) is 29.5. The van der Waals surface area contributed by atoms with E-state index in [4.69, 9.17) is 27.9 Å². The number of hydrogen-bond acceptors (Lipinski definition) is 6. The van der Waals surface area contributed by atoms with Crippen LogP contribution in [0.3, 0.4) is 0 Å². The summed E-state index contributed by atoms with van der Waals surface area (Å²) in [5.41, 5.74) is 0. The van der Waals surface area contributed by atoms with E-state index in [0.717, 1.165) is 51.4 Å². The Kier molecular flexibility index (Phi) is 10.8. The number of carbonyl (C=O) groups excluding carboxylic acids is 5. The molecule has 234 valence electrons. The summed E-state index contributed by atoms with van der Waals surface area (Å²) >= 11 is 13.0. The SMILES string of the molecule is C=CCNC(=O)C(=O)C(CCC)NC(=O)[C@@H]1C2[C@H](CN1C(=O)C(NC(=O)O[C@H]1CCC[C@@H]1C)C1CCCCC1)C2(Cl)Cl. The van der Waals surface area contributed by atoms with Crippen molar-refractivity contribution in [2.24, 2.45) is 23.7 Å². The minimum absolute atomic E-state index is 0.0971. The molecule has 10 nitrogen and oxygen atoms in total. The highest BCUT2D eigenvalue weighted by Gasteiger charge is 2.74. The molecule has 4 aliphatic rings. The fourth-order valence-electron chi connectivity index (χ4n) is 6.97. The molecule has 4 amide bonds. The van der Waals surface area contributed by atoms with Gasteiger partial charge in [0.15, 0.2) is 0 Å². The molecule has 0 aromatic heterocycles. The summed E-state index contributed by atoms with van der Waals surface area (Å²) in [5, 5.41) is 8.03. The van der Waals surface area contributed by atoms with Crippen molar-refractivity contribution in [1.29, 1.82) is 0 Å². The van der Waals surface area contributed by atoms with E-state index in [1.165, 1.54) is 11.0 Å². The Morgan fingerprint density at radius 1 is 1.05 bits per heavy atom. The molecule has 0 spiro atoms. The fraction of sp³-hybridized carbons (Fsp3) is 0.767. The Labute approximate surface area is 258 Å². The second kappa shape index (κ2) is 14.0. The van der Waals surface area contributed by atoms with E-state index in [-0.39, 0.29) is 49.3 Å². The van der Waals surface area contributed by atoms with Crippen LogP contribution in [0, 0.1) is 23.7 Å². The third-order valence-corrected chi connectivity index (χ3v) is 10.5. The van der Waals surface area contributed by atoms with Crippen LogP contribution in [0.25, 0.3) is 0 Å². The molecule has 3 aliphatic carbocycles. The van der Waals surface area contributed by atoms with Gasteiger partial charge >= 0.3 is 6.09 Å². The predicted molar refractivity (Wildman–Crippen MR) is 159 cm³/mol. The van der Waals surface area contributed by atoms with Gasteiger partial charge in [-0.15, -0.1) is 29.8 Å². The maximum Gasteiger partial charge on any atom is 0.408 e. The van der Waals surface area contributed by atoms with E-state index in [2.05, 4.69) is 29.5 Å². The lowest BCUT2D eigenvalue weighted by Crippen LogP contribution is -2.60. The average molecular weight is 628 g/mol. The van der Waals surface area contributed by atoms with E-state index in [1.807, 2.05) is 6.92 Å². The van der Waals surface area contributed by atoms with E-state index < -0.39 is 52.1 Å². The quantitative estimate of drug-likeness (QED) is 0.172. The number of Topliss-reactive ketones (excluding diaryl/α,β-unsaturated/α-hetero) is 1. The number of ether oxygens (including phenoxy) is 1. The molecule has 0 aromatic carbocycles. The molecule has 4 rings (SSSR count). The van der Waals surface area contributed by atoms with Crippen molar-refractivity contribution in [3.63, 3.8) is 0 Å². The number of likely N-dealkylation sites (tertiary alicyclic amines) is 1. The van der Waals surface area contributed by atoms with Crippen LogP contribution in [-0.4, -0.2) is 76.2 Å². The van der Waals surface area contributed by atoms with Crippen LogP contribution >= 0.6 is 23.2 Å². The molecule has 3 N–H and O–H groups in total. The van der Waals surface area contributed by atoms with Gasteiger partial charge in [0.2, 0.25) is 17.6 Å². The number of alkyl carbamates (subject to hydrolysis) is 1. The zero-order chi connectivity index (χ0) is 30.6. The zero-order valence-electron chi connectivity index (χ0n) is 24.5. The molecular formula is C30H44Cl2N4O6. The first-order chi connectivity index (χ1) is 20.0. The number of amides is 4. The number of fused-ring (bicyclic) bond motifs is 1. The van der Waals surface area contributed by atoms with Crippen molar-refractivity contribution < 1.29 is 28.7 Å². The molecule has 12 heteroatoms. The highest BCUT2D eigenvalue weighted by atomic mass is 35.5. The van der Waals surface area contributed by atoms with Crippen LogP contribution in [0.15, 0.2) is 12.7 Å². The van der Waals surface area contributed by atoms with Crippen LogP contribution in [-0.2, 0) is 23.9 Å². The van der Waals surface area contributed by atoms with Crippen molar-refractivity contribution in [3.05, 3.63) is 12.7 Å². The van der Waals surface area contributed by atoms with Crippen LogP contribution < -0.4 is 16.0 Å². The number of hydrogen-bond donors (Lipinski definition) is 3. The van der Waals surface area contributed by atoms with Gasteiger partial charge in [-0.3, -0.25) is 19.2 Å². The Hall–Kier alpha value is -2.33. The minimum Gasteiger partial charge on any atom is -0.446 e. The second-order valence-electron chi connectivity index (χ2n) is 12.3. The van der Waals surface area contributed by atoms with Gasteiger partial charge in [0, 0.05) is 24.9 Å². The summed E-state index contributed by atoms with van der Waals surface area (Å²) in [4.78, 5) is 67.7. The summed E-state index contributed by atoms with van der Waals surface area (Å²) in [6, 6.07) is -2.97. The minimum atomic E-state index is -1.18. The van der Waals surface area contributed by atoms with Crippen LogP contribution in [0.4, 0.5) is 4.79 Å². The van der Waals surface area contributed by atoms with Crippen molar-refractivity contribution >= 4 is 52.8 Å². The van der Waals surface area contributed by atoms with Crippen LogP contribution in [0.2, 0.25) is 0 Å². The molecule has 3 unspecified atom stereocenters. The number of piperidine rings is 1. The summed E-state index contributed by atoms with van der Waals surface area (Å²) in [6.07, 6.45) is 8.71. The molecule has 4 fully saturated rings. The maximum atomic E-state index is 14.2. The first-order valence-corrected chi connectivity index (χ1v) is 16.2. The van der Waals surface area contributed by atoms with Crippen molar-refractivity contribution in [2.75, 3.05) is 13.1 Å². The molecule has 0 bridgehead atoms. The molecule has 42 heavy (non-hydrogen) atoms. The van der Waals surface area contributed by atoms with Gasteiger partial charge < -0.3 is 25.6 Å². The van der Waals surface area contributed by atoms with E-state index in [0.29, 0.717) is 6.42 Å². The number of ketones is 1. The molecule has 0 radical (unpaired) electrons. The number of carbonyl (C=O) groups is 5. The smallest absolute Gasteiger partial charge is 0.408 e. The molecule has 7 atom stereocenters. The number of nitrogens with one attached hydrogen (secondary N) is 3. The average Bonchev–Trinajstić information content (AvgIpc) is 3.30. The first-order valence-electron chi connectivity index (χ1n) is 15.4. The predicted octanol–water partition coefficient (Wildman–Crippen LogP) is 3.64. The summed E-state index contributed by atoms with van der Waals surface area (Å²) in [7, 11) is 0. The van der Waals surface area contributed by atoms with E-state index >= 15 is 0 Å². The molecule has 1 heterocycles. The van der Waals surface area contributed by atoms with Crippen molar-refractivity contribution in [3.8, 4) is 0 Å². The standard InChI is InChI=1S/C30H44Cl2N4O6/c1-4-10-20(25(37)27(39)33-15-5-2)34-26(38)24-22-19(30(22,31)32)16-36(24)28(40)23(18-12-7-6-8-13-18)35-29(41)42-21-14-9-11-17(21)3/h5,17-24H,2,4,6-16H2,1,3H3,(H,33,39)(H,34,38)(H,35,41)/t17-,19-,20?,21-,22?,23?,24-/m0/s1. The van der Waals surface area contributed by atoms with Crippen LogP contribution in [0.1, 0.15) is 78.1 Å². The van der Waals surface area contributed by atoms with Gasteiger partial charge in [-0.25, -0.2) is 4.79 Å². The molecular weight excluding hydrogens is 583 g/mol. The van der Waals surface area contributed by atoms with Crippen molar-refractivity contribution in [2.45, 2.75) is 107 Å². The summed E-state index contributed by atoms with van der Waals surface area (Å²) < 4.78 is 4.54. The monoisotopic (exact) mass is 626 g/mol. The lowest BCUT2D eigenvalue weighted by Gasteiger charge is -2.36. The lowest BCUT2D eigenvalue weighted by molar-refractivity contribution is -0.144. The highest BCUT2D eigenvalue weighted by molar-refractivity contribution is 6.51. The molecule has 0 aromatic rings. The third kappa shape index (κ3) is 7.07. The summed E-state index contributed by atoms with van der Waals surface area (Å²) in [5.74, 6) is -3.26. The Bertz CT molecular complexity index is 1060. The van der Waals surface area contributed by atoms with E-state index in [9.17, 15) is 24.0 Å². The topological polar surface area (TPSA) is 134 Å². The second-order valence-corrected chi connectivity index (χ2v) is 13.8. The highest BCUT2D eigenvalue weighted by Crippen LogP contribution is 2.65. The van der Waals surface area contributed by atoms with Gasteiger partial charge in [-0.2, -0.15) is 0 Å². The number of alkyl halides is 2. The Morgan fingerprint density at radius 3 is 2.38 bits per heavy atom. The third-order valence-electron chi connectivity index (χ3n) is 9.43. The lowest BCUT2D eigenvalue weighted by atomic mass is 9.83. The molecule has 1 aliphatic heterocycles. The van der Waals surface area contributed by atoms with Crippen LogP contribution in [0.5, 0.6) is 0 Å². The zero-order valence-corrected chi connectivity index (χ0v) is 26.1. The fourth-order valence-corrected chi connectivity index (χ4v) is 7.80. The summed E-state index contributed by atoms with van der Waals surface area (Å²) in [6.45, 7) is 7.69. The number of rotatable bonds is 12.